The molecule has 2 aliphatic heterocycles. The molecular weight excluding hydrogens is 372 g/mol. The fourth-order valence-electron chi connectivity index (χ4n) is 3.66. The van der Waals surface area contributed by atoms with Gasteiger partial charge < -0.3 is 15.0 Å². The molecule has 1 N–H and O–H groups in total. The van der Waals surface area contributed by atoms with Gasteiger partial charge in [0.1, 0.15) is 10.7 Å². The molecule has 0 aliphatic carbocycles. The van der Waals surface area contributed by atoms with Crippen LogP contribution >= 0.6 is 11.3 Å². The van der Waals surface area contributed by atoms with Gasteiger partial charge in [0.15, 0.2) is 0 Å². The van der Waals surface area contributed by atoms with Crippen LogP contribution < -0.4 is 10.2 Å². The molecule has 2 aromatic rings. The van der Waals surface area contributed by atoms with E-state index in [1.807, 2.05) is 17.5 Å². The molecule has 0 saturated carbocycles. The first-order valence-electron chi connectivity index (χ1n) is 10.1. The van der Waals surface area contributed by atoms with E-state index in [-0.39, 0.29) is 5.91 Å². The van der Waals surface area contributed by atoms with Crippen LogP contribution in [0.4, 0.5) is 11.4 Å². The summed E-state index contributed by atoms with van der Waals surface area (Å²) in [5, 5.41) is 5.78. The maximum Gasteiger partial charge on any atom is 0.275 e. The molecule has 3 heterocycles. The average Bonchev–Trinajstić information content (AvgIpc) is 3.19. The van der Waals surface area contributed by atoms with Gasteiger partial charge >= 0.3 is 0 Å². The molecule has 2 saturated heterocycles. The SMILES string of the molecule is CC1CCN(c2ccc(NC(=O)c3csc(CN4CCOCC4)n3)cc2)CC1. The summed E-state index contributed by atoms with van der Waals surface area (Å²) in [6.45, 7) is 8.70. The Hall–Kier alpha value is -1.96. The van der Waals surface area contributed by atoms with Crippen LogP contribution in [0.1, 0.15) is 35.3 Å². The van der Waals surface area contributed by atoms with Gasteiger partial charge in [0, 0.05) is 42.9 Å². The van der Waals surface area contributed by atoms with Crippen molar-refractivity contribution in [2.24, 2.45) is 5.92 Å². The van der Waals surface area contributed by atoms with Crippen molar-refractivity contribution in [3.63, 3.8) is 0 Å². The van der Waals surface area contributed by atoms with E-state index < -0.39 is 0 Å². The summed E-state index contributed by atoms with van der Waals surface area (Å²) < 4.78 is 5.37. The molecule has 2 fully saturated rings. The minimum atomic E-state index is -0.149. The molecule has 6 nitrogen and oxygen atoms in total. The lowest BCUT2D eigenvalue weighted by molar-refractivity contribution is 0.0341. The Morgan fingerprint density at radius 2 is 1.89 bits per heavy atom. The Balaban J connectivity index is 1.32. The van der Waals surface area contributed by atoms with Gasteiger partial charge in [0.2, 0.25) is 0 Å². The predicted molar refractivity (Wildman–Crippen MR) is 113 cm³/mol. The van der Waals surface area contributed by atoms with Crippen molar-refractivity contribution in [3.8, 4) is 0 Å². The Labute approximate surface area is 170 Å². The molecule has 1 amide bonds. The average molecular weight is 401 g/mol. The third-order valence-corrected chi connectivity index (χ3v) is 6.35. The van der Waals surface area contributed by atoms with Crippen molar-refractivity contribution in [3.05, 3.63) is 40.3 Å². The van der Waals surface area contributed by atoms with Crippen LogP contribution in [0.15, 0.2) is 29.6 Å². The van der Waals surface area contributed by atoms with Gasteiger partial charge in [0.25, 0.3) is 5.91 Å². The lowest BCUT2D eigenvalue weighted by atomic mass is 9.99. The molecule has 0 radical (unpaired) electrons. The highest BCUT2D eigenvalue weighted by molar-refractivity contribution is 7.09. The monoisotopic (exact) mass is 400 g/mol. The van der Waals surface area contributed by atoms with E-state index in [1.165, 1.54) is 18.5 Å². The normalized spacial score (nSPS) is 19.0. The third kappa shape index (κ3) is 4.90. The number of carbonyl (C=O) groups is 1. The molecule has 0 atom stereocenters. The number of carbonyl (C=O) groups excluding carboxylic acids is 1. The van der Waals surface area contributed by atoms with Gasteiger partial charge in [0.05, 0.1) is 19.8 Å². The van der Waals surface area contributed by atoms with Gasteiger partial charge in [-0.3, -0.25) is 9.69 Å². The number of nitrogens with one attached hydrogen (secondary N) is 1. The highest BCUT2D eigenvalue weighted by atomic mass is 32.1. The minimum absolute atomic E-state index is 0.149. The number of aromatic nitrogens is 1. The quantitative estimate of drug-likeness (QED) is 0.833. The van der Waals surface area contributed by atoms with Gasteiger partial charge in [-0.05, 0) is 43.0 Å². The molecule has 4 rings (SSSR count). The van der Waals surface area contributed by atoms with Crippen LogP contribution in [0.3, 0.4) is 0 Å². The fourth-order valence-corrected chi connectivity index (χ4v) is 4.47. The van der Waals surface area contributed by atoms with E-state index in [4.69, 9.17) is 4.74 Å². The number of anilines is 2. The smallest absolute Gasteiger partial charge is 0.275 e. The highest BCUT2D eigenvalue weighted by Crippen LogP contribution is 2.24. The summed E-state index contributed by atoms with van der Waals surface area (Å²) in [6, 6.07) is 8.14. The molecule has 0 spiro atoms. The fraction of sp³-hybridized carbons (Fsp3) is 0.524. The standard InChI is InChI=1S/C21H28N4O2S/c1-16-6-8-25(9-7-16)18-4-2-17(3-5-18)22-21(26)19-15-28-20(23-19)14-24-10-12-27-13-11-24/h2-5,15-16H,6-14H2,1H3,(H,22,26). The summed E-state index contributed by atoms with van der Waals surface area (Å²) in [7, 11) is 0. The number of piperidine rings is 1. The van der Waals surface area contributed by atoms with Crippen molar-refractivity contribution in [2.45, 2.75) is 26.3 Å². The van der Waals surface area contributed by atoms with Crippen molar-refractivity contribution < 1.29 is 9.53 Å². The molecule has 1 aromatic heterocycles. The Bertz CT molecular complexity index is 778. The Morgan fingerprint density at radius 3 is 2.61 bits per heavy atom. The number of thiazole rings is 1. The molecule has 0 bridgehead atoms. The van der Waals surface area contributed by atoms with Crippen LogP contribution in [0.25, 0.3) is 0 Å². The predicted octanol–water partition coefficient (Wildman–Crippen LogP) is 3.46. The van der Waals surface area contributed by atoms with Crippen LogP contribution in [-0.2, 0) is 11.3 Å². The van der Waals surface area contributed by atoms with Gasteiger partial charge in [-0.1, -0.05) is 6.92 Å². The number of nitrogens with zero attached hydrogens (tertiary/aromatic N) is 3. The minimum Gasteiger partial charge on any atom is -0.379 e. The summed E-state index contributed by atoms with van der Waals surface area (Å²) in [5.41, 5.74) is 2.52. The lowest BCUT2D eigenvalue weighted by Crippen LogP contribution is -2.35. The number of ether oxygens (including phenoxy) is 1. The van der Waals surface area contributed by atoms with E-state index in [0.717, 1.165) is 62.6 Å². The van der Waals surface area contributed by atoms with Crippen LogP contribution in [0.5, 0.6) is 0 Å². The van der Waals surface area contributed by atoms with E-state index in [0.29, 0.717) is 5.69 Å². The molecule has 7 heteroatoms. The second kappa shape index (κ2) is 9.03. The topological polar surface area (TPSA) is 57.7 Å². The third-order valence-electron chi connectivity index (χ3n) is 5.52. The first-order valence-corrected chi connectivity index (χ1v) is 11.0. The zero-order valence-corrected chi connectivity index (χ0v) is 17.2. The van der Waals surface area contributed by atoms with Crippen LogP contribution in [0.2, 0.25) is 0 Å². The largest absolute Gasteiger partial charge is 0.379 e. The molecular formula is C21H28N4O2S. The summed E-state index contributed by atoms with van der Waals surface area (Å²) in [5.74, 6) is 0.671. The number of benzene rings is 1. The molecule has 0 unspecified atom stereocenters. The van der Waals surface area contributed by atoms with Crippen molar-refractivity contribution in [2.75, 3.05) is 49.6 Å². The lowest BCUT2D eigenvalue weighted by Gasteiger charge is -2.32. The zero-order chi connectivity index (χ0) is 19.3. The van der Waals surface area contributed by atoms with Crippen molar-refractivity contribution in [1.82, 2.24) is 9.88 Å². The van der Waals surface area contributed by atoms with Crippen molar-refractivity contribution in [1.29, 1.82) is 0 Å². The highest BCUT2D eigenvalue weighted by Gasteiger charge is 2.17. The molecule has 28 heavy (non-hydrogen) atoms. The second-order valence-corrected chi connectivity index (χ2v) is 8.63. The Kier molecular flexibility index (Phi) is 6.24. The number of rotatable bonds is 5. The van der Waals surface area contributed by atoms with Crippen molar-refractivity contribution >= 4 is 28.6 Å². The first-order chi connectivity index (χ1) is 13.7. The zero-order valence-electron chi connectivity index (χ0n) is 16.4. The molecule has 150 valence electrons. The number of hydrogen-bond donors (Lipinski definition) is 1. The van der Waals surface area contributed by atoms with Gasteiger partial charge in [-0.25, -0.2) is 4.98 Å². The van der Waals surface area contributed by atoms with Gasteiger partial charge in [-0.2, -0.15) is 0 Å². The Morgan fingerprint density at radius 1 is 1.18 bits per heavy atom. The van der Waals surface area contributed by atoms with Crippen LogP contribution in [0, 0.1) is 5.92 Å². The van der Waals surface area contributed by atoms with Crippen LogP contribution in [-0.4, -0.2) is 55.2 Å². The first kappa shape index (κ1) is 19.4. The summed E-state index contributed by atoms with van der Waals surface area (Å²) >= 11 is 1.54. The maximum atomic E-state index is 12.5. The number of hydrogen-bond acceptors (Lipinski definition) is 6. The number of morpholine rings is 1. The molecule has 1 aromatic carbocycles. The van der Waals surface area contributed by atoms with E-state index in [9.17, 15) is 4.79 Å². The summed E-state index contributed by atoms with van der Waals surface area (Å²) in [6.07, 6.45) is 2.49. The van der Waals surface area contributed by atoms with E-state index >= 15 is 0 Å². The maximum absolute atomic E-state index is 12.5. The van der Waals surface area contributed by atoms with E-state index in [1.54, 1.807) is 11.3 Å². The molecule has 2 aliphatic rings. The summed E-state index contributed by atoms with van der Waals surface area (Å²) in [4.78, 5) is 21.8. The van der Waals surface area contributed by atoms with E-state index in [2.05, 4.69) is 39.2 Å². The second-order valence-electron chi connectivity index (χ2n) is 7.69. The van der Waals surface area contributed by atoms with Gasteiger partial charge in [-0.15, -0.1) is 11.3 Å². The number of amides is 1.